The van der Waals surface area contributed by atoms with E-state index in [0.717, 1.165) is 17.9 Å². The molecule has 1 atom stereocenters. The number of amides is 1. The molecule has 1 aliphatic heterocycles. The summed E-state index contributed by atoms with van der Waals surface area (Å²) in [6, 6.07) is 15.3. The van der Waals surface area contributed by atoms with Crippen LogP contribution >= 0.6 is 0 Å². The monoisotopic (exact) mass is 326 g/mol. The van der Waals surface area contributed by atoms with Crippen LogP contribution < -0.4 is 15.4 Å². The second kappa shape index (κ2) is 7.95. The molecule has 5 nitrogen and oxygen atoms in total. The molecule has 0 spiro atoms. The predicted octanol–water partition coefficient (Wildman–Crippen LogP) is 3.10. The van der Waals surface area contributed by atoms with Gasteiger partial charge in [0.1, 0.15) is 5.75 Å². The van der Waals surface area contributed by atoms with Gasteiger partial charge < -0.3 is 20.1 Å². The smallest absolute Gasteiger partial charge is 0.226 e. The number of morpholine rings is 1. The third-order valence-electron chi connectivity index (χ3n) is 3.81. The van der Waals surface area contributed by atoms with Crippen LogP contribution in [0.3, 0.4) is 0 Å². The van der Waals surface area contributed by atoms with Crippen molar-refractivity contribution in [3.63, 3.8) is 0 Å². The number of hydrogen-bond donors (Lipinski definition) is 2. The summed E-state index contributed by atoms with van der Waals surface area (Å²) in [6.45, 7) is 4.06. The van der Waals surface area contributed by atoms with E-state index in [1.807, 2.05) is 55.5 Å². The van der Waals surface area contributed by atoms with E-state index in [4.69, 9.17) is 9.47 Å². The summed E-state index contributed by atoms with van der Waals surface area (Å²) in [5, 5.41) is 6.21. The molecule has 0 aliphatic carbocycles. The lowest BCUT2D eigenvalue weighted by Crippen LogP contribution is -2.43. The highest BCUT2D eigenvalue weighted by Gasteiger charge is 2.17. The first-order valence-electron chi connectivity index (χ1n) is 8.15. The molecule has 0 radical (unpaired) electrons. The van der Waals surface area contributed by atoms with Crippen molar-refractivity contribution >= 4 is 11.6 Å². The molecule has 3 rings (SSSR count). The van der Waals surface area contributed by atoms with Crippen LogP contribution in [0.4, 0.5) is 5.69 Å². The van der Waals surface area contributed by atoms with Gasteiger partial charge in [0, 0.05) is 19.0 Å². The summed E-state index contributed by atoms with van der Waals surface area (Å²) in [5.41, 5.74) is 1.79. The van der Waals surface area contributed by atoms with Crippen LogP contribution in [-0.4, -0.2) is 31.7 Å². The summed E-state index contributed by atoms with van der Waals surface area (Å²) in [4.78, 5) is 12.3. The van der Waals surface area contributed by atoms with Gasteiger partial charge in [0.15, 0.2) is 5.75 Å². The normalized spacial score (nSPS) is 17.3. The Labute approximate surface area is 142 Å². The predicted molar refractivity (Wildman–Crippen MR) is 93.6 cm³/mol. The average molecular weight is 326 g/mol. The maximum Gasteiger partial charge on any atom is 0.226 e. The topological polar surface area (TPSA) is 59.6 Å². The van der Waals surface area contributed by atoms with Gasteiger partial charge in [-0.3, -0.25) is 4.79 Å². The largest absolute Gasteiger partial charge is 0.455 e. The Morgan fingerprint density at radius 1 is 1.29 bits per heavy atom. The maximum absolute atomic E-state index is 12.3. The summed E-state index contributed by atoms with van der Waals surface area (Å²) in [7, 11) is 0. The van der Waals surface area contributed by atoms with Crippen molar-refractivity contribution in [2.24, 2.45) is 0 Å². The average Bonchev–Trinajstić information content (AvgIpc) is 2.57. The SMILES string of the molecule is Cc1cccc(Oc2ccccc2NC(=O)CC2COCCN2)c1. The molecule has 2 aromatic rings. The van der Waals surface area contributed by atoms with E-state index in [1.54, 1.807) is 0 Å². The molecule has 2 aromatic carbocycles. The van der Waals surface area contributed by atoms with Crippen LogP contribution in [0.15, 0.2) is 48.5 Å². The highest BCUT2D eigenvalue weighted by atomic mass is 16.5. The molecule has 24 heavy (non-hydrogen) atoms. The first-order chi connectivity index (χ1) is 11.7. The Bertz CT molecular complexity index is 697. The lowest BCUT2D eigenvalue weighted by atomic mass is 10.2. The van der Waals surface area contributed by atoms with E-state index in [1.165, 1.54) is 0 Å². The Morgan fingerprint density at radius 2 is 2.17 bits per heavy atom. The van der Waals surface area contributed by atoms with Crippen LogP contribution in [0.5, 0.6) is 11.5 Å². The summed E-state index contributed by atoms with van der Waals surface area (Å²) in [5.74, 6) is 1.32. The van der Waals surface area contributed by atoms with Crippen LogP contribution in [0, 0.1) is 6.92 Å². The first-order valence-corrected chi connectivity index (χ1v) is 8.15. The summed E-state index contributed by atoms with van der Waals surface area (Å²) in [6.07, 6.45) is 0.374. The molecular formula is C19H22N2O3. The van der Waals surface area contributed by atoms with Gasteiger partial charge in [0.05, 0.1) is 18.9 Å². The molecule has 0 saturated carbocycles. The van der Waals surface area contributed by atoms with E-state index >= 15 is 0 Å². The molecule has 2 N–H and O–H groups in total. The van der Waals surface area contributed by atoms with Crippen LogP contribution in [0.25, 0.3) is 0 Å². The molecule has 1 saturated heterocycles. The molecule has 1 amide bonds. The fourth-order valence-corrected chi connectivity index (χ4v) is 2.64. The fraction of sp³-hybridized carbons (Fsp3) is 0.316. The van der Waals surface area contributed by atoms with Gasteiger partial charge in [-0.25, -0.2) is 0 Å². The van der Waals surface area contributed by atoms with Crippen molar-refractivity contribution in [2.75, 3.05) is 25.1 Å². The lowest BCUT2D eigenvalue weighted by molar-refractivity contribution is -0.117. The van der Waals surface area contributed by atoms with E-state index in [2.05, 4.69) is 10.6 Å². The van der Waals surface area contributed by atoms with Gasteiger partial charge in [-0.15, -0.1) is 0 Å². The van der Waals surface area contributed by atoms with E-state index in [9.17, 15) is 4.79 Å². The highest BCUT2D eigenvalue weighted by molar-refractivity contribution is 5.92. The van der Waals surface area contributed by atoms with Gasteiger partial charge in [0.2, 0.25) is 5.91 Å². The van der Waals surface area contributed by atoms with Gasteiger partial charge in [0.25, 0.3) is 0 Å². The summed E-state index contributed by atoms with van der Waals surface area (Å²) >= 11 is 0. The second-order valence-corrected chi connectivity index (χ2v) is 5.89. The minimum atomic E-state index is -0.0571. The van der Waals surface area contributed by atoms with Crippen molar-refractivity contribution in [3.05, 3.63) is 54.1 Å². The van der Waals surface area contributed by atoms with Gasteiger partial charge in [-0.1, -0.05) is 24.3 Å². The van der Waals surface area contributed by atoms with Crippen LogP contribution in [0.2, 0.25) is 0 Å². The molecule has 1 fully saturated rings. The maximum atomic E-state index is 12.3. The third kappa shape index (κ3) is 4.57. The molecule has 0 bridgehead atoms. The van der Waals surface area contributed by atoms with Crippen molar-refractivity contribution < 1.29 is 14.3 Å². The molecular weight excluding hydrogens is 304 g/mol. The Balaban J connectivity index is 1.66. The van der Waals surface area contributed by atoms with Crippen LogP contribution in [0.1, 0.15) is 12.0 Å². The molecule has 5 heteroatoms. The number of nitrogens with one attached hydrogen (secondary N) is 2. The fourth-order valence-electron chi connectivity index (χ4n) is 2.64. The molecule has 1 aliphatic rings. The highest BCUT2D eigenvalue weighted by Crippen LogP contribution is 2.29. The number of benzene rings is 2. The van der Waals surface area contributed by atoms with E-state index < -0.39 is 0 Å². The van der Waals surface area contributed by atoms with Gasteiger partial charge in [-0.05, 0) is 36.8 Å². The quantitative estimate of drug-likeness (QED) is 0.886. The van der Waals surface area contributed by atoms with Gasteiger partial charge >= 0.3 is 0 Å². The minimum absolute atomic E-state index is 0.0571. The number of ether oxygens (including phenoxy) is 2. The Kier molecular flexibility index (Phi) is 5.46. The van der Waals surface area contributed by atoms with E-state index in [-0.39, 0.29) is 11.9 Å². The number of anilines is 1. The lowest BCUT2D eigenvalue weighted by Gasteiger charge is -2.23. The molecule has 126 valence electrons. The number of hydrogen-bond acceptors (Lipinski definition) is 4. The third-order valence-corrected chi connectivity index (χ3v) is 3.81. The van der Waals surface area contributed by atoms with Crippen molar-refractivity contribution in [2.45, 2.75) is 19.4 Å². The first kappa shape index (κ1) is 16.5. The van der Waals surface area contributed by atoms with Crippen molar-refractivity contribution in [3.8, 4) is 11.5 Å². The standard InChI is InChI=1S/C19H22N2O3/c1-14-5-4-6-16(11-14)24-18-8-3-2-7-17(18)21-19(22)12-15-13-23-10-9-20-15/h2-8,11,15,20H,9-10,12-13H2,1H3,(H,21,22). The number of rotatable bonds is 5. The van der Waals surface area contributed by atoms with Crippen molar-refractivity contribution in [1.82, 2.24) is 5.32 Å². The molecule has 0 aromatic heterocycles. The zero-order chi connectivity index (χ0) is 16.8. The second-order valence-electron chi connectivity index (χ2n) is 5.89. The minimum Gasteiger partial charge on any atom is -0.455 e. The molecule has 1 heterocycles. The number of carbonyl (C=O) groups is 1. The zero-order valence-corrected chi connectivity index (χ0v) is 13.7. The zero-order valence-electron chi connectivity index (χ0n) is 13.7. The Morgan fingerprint density at radius 3 is 2.96 bits per heavy atom. The van der Waals surface area contributed by atoms with Gasteiger partial charge in [-0.2, -0.15) is 0 Å². The van der Waals surface area contributed by atoms with E-state index in [0.29, 0.717) is 31.1 Å². The number of carbonyl (C=O) groups excluding carboxylic acids is 1. The Hall–Kier alpha value is -2.37. The number of aryl methyl sites for hydroxylation is 1. The van der Waals surface area contributed by atoms with Crippen molar-refractivity contribution in [1.29, 1.82) is 0 Å². The molecule has 1 unspecified atom stereocenters. The number of para-hydroxylation sites is 2. The summed E-state index contributed by atoms with van der Waals surface area (Å²) < 4.78 is 11.3. The van der Waals surface area contributed by atoms with Crippen LogP contribution in [-0.2, 0) is 9.53 Å².